The number of nitrogens with zero attached hydrogens (tertiary/aromatic N) is 2. The van der Waals surface area contributed by atoms with Gasteiger partial charge in [-0.05, 0) is 37.6 Å². The zero-order valence-corrected chi connectivity index (χ0v) is 14.5. The minimum atomic E-state index is -0.647. The number of fused-ring (bicyclic) bond motifs is 1. The molecule has 124 valence electrons. The van der Waals surface area contributed by atoms with Gasteiger partial charge in [0.05, 0.1) is 7.11 Å². The number of aromatic nitrogens is 2. The summed E-state index contributed by atoms with van der Waals surface area (Å²) in [5.41, 5.74) is 3.24. The summed E-state index contributed by atoms with van der Waals surface area (Å²) in [5.74, 6) is 0.985. The van der Waals surface area contributed by atoms with Crippen molar-refractivity contribution >= 4 is 29.0 Å². The molecule has 0 bridgehead atoms. The van der Waals surface area contributed by atoms with E-state index in [1.807, 2.05) is 53.9 Å². The molecule has 1 atom stereocenters. The number of amides is 1. The van der Waals surface area contributed by atoms with Crippen molar-refractivity contribution in [1.82, 2.24) is 9.38 Å². The predicted molar refractivity (Wildman–Crippen MR) is 95.9 cm³/mol. The van der Waals surface area contributed by atoms with Gasteiger partial charge in [-0.15, -0.1) is 11.6 Å². The Bertz CT molecular complexity index is 902. The first kappa shape index (κ1) is 16.3. The third-order valence-corrected chi connectivity index (χ3v) is 3.93. The van der Waals surface area contributed by atoms with E-state index in [4.69, 9.17) is 16.3 Å². The number of pyridine rings is 1. The van der Waals surface area contributed by atoms with Crippen LogP contribution in [0, 0.1) is 6.92 Å². The number of methoxy groups -OCH3 is 1. The summed E-state index contributed by atoms with van der Waals surface area (Å²) in [6.07, 6.45) is 1.93. The van der Waals surface area contributed by atoms with Crippen LogP contribution in [-0.4, -0.2) is 27.8 Å². The van der Waals surface area contributed by atoms with Gasteiger partial charge >= 0.3 is 0 Å². The van der Waals surface area contributed by atoms with Crippen LogP contribution in [0.15, 0.2) is 42.6 Å². The molecular formula is C18H18ClN3O2. The van der Waals surface area contributed by atoms with Gasteiger partial charge in [-0.2, -0.15) is 0 Å². The number of anilines is 1. The summed E-state index contributed by atoms with van der Waals surface area (Å²) in [4.78, 5) is 16.8. The Morgan fingerprint density at radius 1 is 1.29 bits per heavy atom. The van der Waals surface area contributed by atoms with E-state index in [-0.39, 0.29) is 5.91 Å². The first-order valence-corrected chi connectivity index (χ1v) is 8.02. The van der Waals surface area contributed by atoms with Crippen LogP contribution in [0.2, 0.25) is 0 Å². The number of nitrogens with one attached hydrogen (secondary N) is 1. The first-order valence-electron chi connectivity index (χ1n) is 7.58. The smallest absolute Gasteiger partial charge is 0.243 e. The van der Waals surface area contributed by atoms with Crippen molar-refractivity contribution in [3.05, 3.63) is 48.2 Å². The second-order valence-corrected chi connectivity index (χ2v) is 6.20. The van der Waals surface area contributed by atoms with Gasteiger partial charge in [-0.25, -0.2) is 4.98 Å². The molecule has 24 heavy (non-hydrogen) atoms. The molecule has 2 aromatic heterocycles. The Morgan fingerprint density at radius 3 is 2.75 bits per heavy atom. The summed E-state index contributed by atoms with van der Waals surface area (Å²) < 4.78 is 7.29. The molecule has 1 aromatic carbocycles. The molecule has 3 rings (SSSR count). The van der Waals surface area contributed by atoms with Crippen molar-refractivity contribution in [2.75, 3.05) is 12.4 Å². The molecule has 0 saturated heterocycles. The predicted octanol–water partition coefficient (Wildman–Crippen LogP) is 3.88. The molecule has 0 unspecified atom stereocenters. The van der Waals surface area contributed by atoms with Crippen molar-refractivity contribution in [3.63, 3.8) is 0 Å². The zero-order valence-electron chi connectivity index (χ0n) is 13.7. The second kappa shape index (κ2) is 6.53. The lowest BCUT2D eigenvalue weighted by Gasteiger charge is -2.11. The molecule has 0 spiro atoms. The van der Waals surface area contributed by atoms with Gasteiger partial charge in [0.1, 0.15) is 28.3 Å². The molecular weight excluding hydrogens is 326 g/mol. The van der Waals surface area contributed by atoms with Gasteiger partial charge < -0.3 is 10.1 Å². The molecule has 6 heteroatoms. The van der Waals surface area contributed by atoms with Crippen molar-refractivity contribution in [3.8, 4) is 17.0 Å². The van der Waals surface area contributed by atoms with Crippen LogP contribution in [0.5, 0.6) is 5.75 Å². The summed E-state index contributed by atoms with van der Waals surface area (Å²) in [6, 6.07) is 11.5. The molecule has 0 fully saturated rings. The highest BCUT2D eigenvalue weighted by Gasteiger charge is 2.20. The Labute approximate surface area is 145 Å². The SMILES string of the molecule is COc1ccccc1-c1nc2ccc(C)cn2c1NC(=O)[C@H](C)Cl. The van der Waals surface area contributed by atoms with E-state index >= 15 is 0 Å². The van der Waals surface area contributed by atoms with Gasteiger partial charge in [0.15, 0.2) is 0 Å². The minimum Gasteiger partial charge on any atom is -0.496 e. The Hall–Kier alpha value is -2.53. The van der Waals surface area contributed by atoms with Crippen molar-refractivity contribution in [2.45, 2.75) is 19.2 Å². The number of ether oxygens (including phenoxy) is 1. The molecule has 2 heterocycles. The van der Waals surface area contributed by atoms with Crippen LogP contribution in [0.4, 0.5) is 5.82 Å². The molecule has 0 aliphatic heterocycles. The average Bonchev–Trinajstić information content (AvgIpc) is 2.92. The van der Waals surface area contributed by atoms with Gasteiger partial charge in [-0.1, -0.05) is 18.2 Å². The van der Waals surface area contributed by atoms with Crippen LogP contribution in [0.1, 0.15) is 12.5 Å². The summed E-state index contributed by atoms with van der Waals surface area (Å²) >= 11 is 5.92. The van der Waals surface area contributed by atoms with Crippen LogP contribution in [0.25, 0.3) is 16.9 Å². The van der Waals surface area contributed by atoms with Gasteiger partial charge in [0.2, 0.25) is 5.91 Å². The summed E-state index contributed by atoms with van der Waals surface area (Å²) in [5, 5.41) is 2.24. The van der Waals surface area contributed by atoms with Crippen molar-refractivity contribution < 1.29 is 9.53 Å². The van der Waals surface area contributed by atoms with Crippen molar-refractivity contribution in [2.24, 2.45) is 0 Å². The molecule has 3 aromatic rings. The largest absolute Gasteiger partial charge is 0.496 e. The maximum Gasteiger partial charge on any atom is 0.243 e. The fraction of sp³-hybridized carbons (Fsp3) is 0.222. The molecule has 0 saturated carbocycles. The van der Waals surface area contributed by atoms with E-state index in [1.54, 1.807) is 14.0 Å². The van der Waals surface area contributed by atoms with E-state index in [1.165, 1.54) is 0 Å². The summed E-state index contributed by atoms with van der Waals surface area (Å²) in [6.45, 7) is 3.62. The third-order valence-electron chi connectivity index (χ3n) is 3.73. The molecule has 1 amide bonds. The van der Waals surface area contributed by atoms with Crippen molar-refractivity contribution in [1.29, 1.82) is 0 Å². The monoisotopic (exact) mass is 343 g/mol. The Morgan fingerprint density at radius 2 is 2.04 bits per heavy atom. The van der Waals surface area contributed by atoms with Crippen LogP contribution in [-0.2, 0) is 4.79 Å². The number of hydrogen-bond acceptors (Lipinski definition) is 3. The van der Waals surface area contributed by atoms with Gasteiger partial charge in [0, 0.05) is 11.8 Å². The maximum absolute atomic E-state index is 12.2. The second-order valence-electron chi connectivity index (χ2n) is 5.55. The lowest BCUT2D eigenvalue weighted by atomic mass is 10.1. The van der Waals surface area contributed by atoms with E-state index in [9.17, 15) is 4.79 Å². The number of aryl methyl sites for hydroxylation is 1. The number of rotatable bonds is 4. The van der Waals surface area contributed by atoms with Crippen LogP contribution >= 0.6 is 11.6 Å². The quantitative estimate of drug-likeness (QED) is 0.731. The fourth-order valence-electron chi connectivity index (χ4n) is 2.51. The van der Waals surface area contributed by atoms with Crippen LogP contribution < -0.4 is 10.1 Å². The lowest BCUT2D eigenvalue weighted by molar-refractivity contribution is -0.115. The molecule has 0 aliphatic rings. The number of benzene rings is 1. The zero-order chi connectivity index (χ0) is 17.3. The van der Waals surface area contributed by atoms with E-state index in [0.29, 0.717) is 17.3 Å². The lowest BCUT2D eigenvalue weighted by Crippen LogP contribution is -2.21. The minimum absolute atomic E-state index is 0.281. The normalized spacial score (nSPS) is 12.2. The number of imidazole rings is 1. The van der Waals surface area contributed by atoms with Crippen LogP contribution in [0.3, 0.4) is 0 Å². The first-order chi connectivity index (χ1) is 11.5. The topological polar surface area (TPSA) is 55.6 Å². The molecule has 1 N–H and O–H groups in total. The molecule has 0 radical (unpaired) electrons. The number of carbonyl (C=O) groups is 1. The fourth-order valence-corrected chi connectivity index (χ4v) is 2.57. The van der Waals surface area contributed by atoms with E-state index in [2.05, 4.69) is 10.3 Å². The average molecular weight is 344 g/mol. The number of alkyl halides is 1. The maximum atomic E-state index is 12.2. The van der Waals surface area contributed by atoms with E-state index < -0.39 is 5.38 Å². The Balaban J connectivity index is 2.24. The van der Waals surface area contributed by atoms with Gasteiger partial charge in [0.25, 0.3) is 0 Å². The Kier molecular flexibility index (Phi) is 4.44. The standard InChI is InChI=1S/C18H18ClN3O2/c1-11-8-9-15-20-16(13-6-4-5-7-14(13)24-3)17(22(15)10-11)21-18(23)12(2)19/h4-10,12H,1-3H3,(H,21,23)/t12-/m0/s1. The highest BCUT2D eigenvalue weighted by atomic mass is 35.5. The summed E-state index contributed by atoms with van der Waals surface area (Å²) in [7, 11) is 1.61. The number of hydrogen-bond donors (Lipinski definition) is 1. The number of para-hydroxylation sites is 1. The van der Waals surface area contributed by atoms with Gasteiger partial charge in [-0.3, -0.25) is 9.20 Å². The number of halogens is 1. The highest BCUT2D eigenvalue weighted by molar-refractivity contribution is 6.32. The third kappa shape index (κ3) is 2.95. The molecule has 5 nitrogen and oxygen atoms in total. The molecule has 0 aliphatic carbocycles. The number of carbonyl (C=O) groups excluding carboxylic acids is 1. The highest BCUT2D eigenvalue weighted by Crippen LogP contribution is 2.35. The van der Waals surface area contributed by atoms with E-state index in [0.717, 1.165) is 16.8 Å².